The van der Waals surface area contributed by atoms with Crippen molar-refractivity contribution < 1.29 is 9.85 Å². The van der Waals surface area contributed by atoms with Crippen LogP contribution < -0.4 is 9.80 Å². The van der Waals surface area contributed by atoms with Gasteiger partial charge in [-0.1, -0.05) is 15.9 Å². The second kappa shape index (κ2) is 7.06. The Hall–Kier alpha value is -2.68. The van der Waals surface area contributed by atoms with Crippen molar-refractivity contribution in [1.82, 2.24) is 0 Å². The van der Waals surface area contributed by atoms with Gasteiger partial charge in [0.2, 0.25) is 0 Å². The van der Waals surface area contributed by atoms with E-state index in [1.165, 1.54) is 18.2 Å². The molecular weight excluding hydrogens is 392 g/mol. The fourth-order valence-electron chi connectivity index (χ4n) is 2.90. The molecule has 1 heterocycles. The van der Waals surface area contributed by atoms with Crippen LogP contribution in [0.1, 0.15) is 0 Å². The fourth-order valence-corrected chi connectivity index (χ4v) is 3.25. The van der Waals surface area contributed by atoms with Gasteiger partial charge < -0.3 is 9.80 Å². The lowest BCUT2D eigenvalue weighted by molar-refractivity contribution is -0.384. The van der Waals surface area contributed by atoms with Crippen LogP contribution >= 0.6 is 15.9 Å². The van der Waals surface area contributed by atoms with Gasteiger partial charge in [0.15, 0.2) is 0 Å². The van der Waals surface area contributed by atoms with Crippen molar-refractivity contribution in [2.24, 2.45) is 0 Å². The van der Waals surface area contributed by atoms with Gasteiger partial charge in [0.05, 0.1) is 9.85 Å². The molecule has 3 rings (SSSR count). The largest absolute Gasteiger partial charge is 0.368 e. The van der Waals surface area contributed by atoms with E-state index in [1.54, 1.807) is 24.3 Å². The molecule has 2 aromatic carbocycles. The monoisotopic (exact) mass is 406 g/mol. The predicted octanol–water partition coefficient (Wildman–Crippen LogP) is 3.59. The van der Waals surface area contributed by atoms with Crippen LogP contribution in [-0.4, -0.2) is 36.0 Å². The molecule has 0 aliphatic carbocycles. The van der Waals surface area contributed by atoms with Crippen LogP contribution in [0.5, 0.6) is 0 Å². The van der Waals surface area contributed by atoms with E-state index in [4.69, 9.17) is 0 Å². The third kappa shape index (κ3) is 3.71. The van der Waals surface area contributed by atoms with Crippen molar-refractivity contribution in [2.75, 3.05) is 36.0 Å². The zero-order valence-corrected chi connectivity index (χ0v) is 14.8. The van der Waals surface area contributed by atoms with Gasteiger partial charge in [-0.05, 0) is 24.3 Å². The van der Waals surface area contributed by atoms with Crippen LogP contribution in [0.2, 0.25) is 0 Å². The van der Waals surface area contributed by atoms with Crippen molar-refractivity contribution >= 4 is 38.7 Å². The van der Waals surface area contributed by atoms with Gasteiger partial charge in [0.1, 0.15) is 5.69 Å². The molecule has 1 aliphatic rings. The number of hydrogen-bond acceptors (Lipinski definition) is 6. The van der Waals surface area contributed by atoms with E-state index < -0.39 is 4.92 Å². The molecule has 0 unspecified atom stereocenters. The van der Waals surface area contributed by atoms with Gasteiger partial charge in [-0.15, -0.1) is 0 Å². The Morgan fingerprint density at radius 3 is 2.00 bits per heavy atom. The number of piperazine rings is 1. The molecule has 0 bridgehead atoms. The Labute approximate surface area is 152 Å². The lowest BCUT2D eigenvalue weighted by Gasteiger charge is -2.37. The molecule has 1 fully saturated rings. The second-order valence-corrected chi connectivity index (χ2v) is 6.55. The Morgan fingerprint density at radius 1 is 0.840 bits per heavy atom. The summed E-state index contributed by atoms with van der Waals surface area (Å²) in [5.41, 5.74) is 1.66. The molecule has 25 heavy (non-hydrogen) atoms. The second-order valence-electron chi connectivity index (χ2n) is 5.64. The van der Waals surface area contributed by atoms with Gasteiger partial charge in [-0.2, -0.15) is 0 Å². The molecule has 0 amide bonds. The molecule has 0 atom stereocenters. The van der Waals surface area contributed by atoms with Gasteiger partial charge in [0, 0.05) is 54.5 Å². The minimum Gasteiger partial charge on any atom is -0.368 e. The average molecular weight is 407 g/mol. The first kappa shape index (κ1) is 17.2. The summed E-state index contributed by atoms with van der Waals surface area (Å²) in [5, 5.41) is 22.0. The number of halogens is 1. The van der Waals surface area contributed by atoms with Crippen molar-refractivity contribution in [3.8, 4) is 0 Å². The average Bonchev–Trinajstić information content (AvgIpc) is 2.62. The highest BCUT2D eigenvalue weighted by Crippen LogP contribution is 2.32. The Kier molecular flexibility index (Phi) is 4.84. The number of hydrogen-bond donors (Lipinski definition) is 0. The van der Waals surface area contributed by atoms with E-state index in [2.05, 4.69) is 20.8 Å². The van der Waals surface area contributed by atoms with E-state index in [9.17, 15) is 20.2 Å². The summed E-state index contributed by atoms with van der Waals surface area (Å²) < 4.78 is 0.674. The maximum absolute atomic E-state index is 11.3. The molecule has 0 N–H and O–H groups in total. The molecule has 1 aliphatic heterocycles. The maximum Gasteiger partial charge on any atom is 0.293 e. The molecule has 130 valence electrons. The summed E-state index contributed by atoms with van der Waals surface area (Å²) in [4.78, 5) is 25.3. The number of nitro groups is 2. The topological polar surface area (TPSA) is 92.8 Å². The summed E-state index contributed by atoms with van der Waals surface area (Å²) >= 11 is 3.27. The van der Waals surface area contributed by atoms with Gasteiger partial charge in [-0.3, -0.25) is 20.2 Å². The first-order chi connectivity index (χ1) is 12.0. The molecule has 8 nitrogen and oxygen atoms in total. The van der Waals surface area contributed by atoms with E-state index in [0.29, 0.717) is 36.3 Å². The first-order valence-corrected chi connectivity index (χ1v) is 8.43. The smallest absolute Gasteiger partial charge is 0.293 e. The molecular formula is C16H15BrN4O4. The standard InChI is InChI=1S/C16H15BrN4O4/c17-12-1-6-15(16(11-12)21(24)25)19-9-7-18(8-10-19)13-2-4-14(5-3-13)20(22)23/h1-6,11H,7-10H2. The minimum absolute atomic E-state index is 0.0628. The number of benzene rings is 2. The van der Waals surface area contributed by atoms with E-state index >= 15 is 0 Å². The van der Waals surface area contributed by atoms with Crippen LogP contribution in [0.4, 0.5) is 22.7 Å². The van der Waals surface area contributed by atoms with E-state index in [0.717, 1.165) is 5.69 Å². The highest BCUT2D eigenvalue weighted by atomic mass is 79.9. The third-order valence-corrected chi connectivity index (χ3v) is 4.67. The molecule has 9 heteroatoms. The quantitative estimate of drug-likeness (QED) is 0.568. The first-order valence-electron chi connectivity index (χ1n) is 7.64. The Morgan fingerprint density at radius 2 is 1.44 bits per heavy atom. The molecule has 2 aromatic rings. The number of non-ortho nitro benzene ring substituents is 1. The zero-order chi connectivity index (χ0) is 18.0. The number of rotatable bonds is 4. The SMILES string of the molecule is O=[N+]([O-])c1ccc(N2CCN(c3ccc(Br)cc3[N+](=O)[O-])CC2)cc1. The third-order valence-electron chi connectivity index (χ3n) is 4.18. The van der Waals surface area contributed by atoms with Crippen LogP contribution in [0.15, 0.2) is 46.9 Å². The summed E-state index contributed by atoms with van der Waals surface area (Å²) in [7, 11) is 0. The Balaban J connectivity index is 1.72. The van der Waals surface area contributed by atoms with Crippen LogP contribution in [-0.2, 0) is 0 Å². The van der Waals surface area contributed by atoms with E-state index in [-0.39, 0.29) is 16.3 Å². The highest BCUT2D eigenvalue weighted by Gasteiger charge is 2.24. The maximum atomic E-state index is 11.3. The summed E-state index contributed by atoms with van der Waals surface area (Å²) in [6.07, 6.45) is 0. The van der Waals surface area contributed by atoms with Crippen LogP contribution in [0.25, 0.3) is 0 Å². The normalized spacial score (nSPS) is 14.4. The van der Waals surface area contributed by atoms with E-state index in [1.807, 2.05) is 4.90 Å². The fraction of sp³-hybridized carbons (Fsp3) is 0.250. The summed E-state index contributed by atoms with van der Waals surface area (Å²) in [5.74, 6) is 0. The molecule has 0 aromatic heterocycles. The molecule has 0 saturated carbocycles. The van der Waals surface area contributed by atoms with Crippen molar-refractivity contribution in [1.29, 1.82) is 0 Å². The Bertz CT molecular complexity index is 804. The van der Waals surface area contributed by atoms with Crippen LogP contribution in [0, 0.1) is 20.2 Å². The number of nitrogens with zero attached hydrogens (tertiary/aromatic N) is 4. The highest BCUT2D eigenvalue weighted by molar-refractivity contribution is 9.10. The van der Waals surface area contributed by atoms with Crippen molar-refractivity contribution in [3.05, 3.63) is 67.2 Å². The number of nitro benzene ring substituents is 2. The lowest BCUT2D eigenvalue weighted by atomic mass is 10.2. The predicted molar refractivity (Wildman–Crippen MR) is 98.3 cm³/mol. The molecule has 1 saturated heterocycles. The minimum atomic E-state index is -0.422. The molecule has 0 radical (unpaired) electrons. The summed E-state index contributed by atoms with van der Waals surface area (Å²) in [6.45, 7) is 2.65. The number of anilines is 2. The molecule has 0 spiro atoms. The van der Waals surface area contributed by atoms with Gasteiger partial charge in [0.25, 0.3) is 11.4 Å². The zero-order valence-electron chi connectivity index (χ0n) is 13.2. The lowest BCUT2D eigenvalue weighted by Crippen LogP contribution is -2.46. The summed E-state index contributed by atoms with van der Waals surface area (Å²) in [6, 6.07) is 11.5. The van der Waals surface area contributed by atoms with Crippen LogP contribution in [0.3, 0.4) is 0 Å². The van der Waals surface area contributed by atoms with Crippen molar-refractivity contribution in [2.45, 2.75) is 0 Å². The van der Waals surface area contributed by atoms with Gasteiger partial charge in [-0.25, -0.2) is 0 Å². The van der Waals surface area contributed by atoms with Crippen molar-refractivity contribution in [3.63, 3.8) is 0 Å². The van der Waals surface area contributed by atoms with Gasteiger partial charge >= 0.3 is 0 Å².